The molecule has 1 aliphatic rings. The molecule has 1 saturated carbocycles. The van der Waals surface area contributed by atoms with Gasteiger partial charge in [0.05, 0.1) is 19.2 Å². The van der Waals surface area contributed by atoms with Gasteiger partial charge in [-0.25, -0.2) is 9.37 Å². The molecule has 0 radical (unpaired) electrons. The van der Waals surface area contributed by atoms with Gasteiger partial charge in [0.15, 0.2) is 11.6 Å². The quantitative estimate of drug-likeness (QED) is 0.758. The van der Waals surface area contributed by atoms with Crippen LogP contribution in [-0.4, -0.2) is 24.2 Å². The van der Waals surface area contributed by atoms with Crippen molar-refractivity contribution in [3.05, 3.63) is 23.8 Å². The van der Waals surface area contributed by atoms with Crippen molar-refractivity contribution in [2.24, 2.45) is 5.92 Å². The van der Waals surface area contributed by atoms with Crippen LogP contribution in [0.2, 0.25) is 0 Å². The molecule has 2 rings (SSSR count). The molecule has 5 nitrogen and oxygen atoms in total. The van der Waals surface area contributed by atoms with Crippen LogP contribution in [0.1, 0.15) is 18.5 Å². The van der Waals surface area contributed by atoms with Crippen molar-refractivity contribution in [1.82, 2.24) is 4.98 Å². The van der Waals surface area contributed by atoms with Gasteiger partial charge < -0.3 is 9.47 Å². The normalized spacial score (nSPS) is 21.6. The predicted molar refractivity (Wildman–Crippen MR) is 58.1 cm³/mol. The molecule has 18 heavy (non-hydrogen) atoms. The maximum Gasteiger partial charge on any atom is 0.308 e. The SMILES string of the molecule is COC(=O)C1CC(Oc2cc(C#N)ncc2F)C1. The Morgan fingerprint density at radius 1 is 1.61 bits per heavy atom. The largest absolute Gasteiger partial charge is 0.487 e. The topological polar surface area (TPSA) is 72.2 Å². The maximum absolute atomic E-state index is 13.4. The highest BCUT2D eigenvalue weighted by atomic mass is 19.1. The lowest BCUT2D eigenvalue weighted by Crippen LogP contribution is -2.39. The fraction of sp³-hybridized carbons (Fsp3) is 0.417. The third-order valence-corrected chi connectivity index (χ3v) is 2.86. The second-order valence-corrected chi connectivity index (χ2v) is 4.04. The molecule has 94 valence electrons. The maximum atomic E-state index is 13.4. The van der Waals surface area contributed by atoms with E-state index in [9.17, 15) is 9.18 Å². The number of nitriles is 1. The fourth-order valence-electron chi connectivity index (χ4n) is 1.77. The lowest BCUT2D eigenvalue weighted by atomic mass is 9.82. The Kier molecular flexibility index (Phi) is 3.42. The van der Waals surface area contributed by atoms with Crippen LogP contribution in [0, 0.1) is 23.1 Å². The second-order valence-electron chi connectivity index (χ2n) is 4.04. The molecule has 0 N–H and O–H groups in total. The summed E-state index contributed by atoms with van der Waals surface area (Å²) < 4.78 is 23.3. The van der Waals surface area contributed by atoms with E-state index in [0.29, 0.717) is 12.8 Å². The molecular weight excluding hydrogens is 239 g/mol. The average molecular weight is 250 g/mol. The van der Waals surface area contributed by atoms with Gasteiger partial charge in [-0.2, -0.15) is 5.26 Å². The number of carbonyl (C=O) groups excluding carboxylic acids is 1. The van der Waals surface area contributed by atoms with E-state index >= 15 is 0 Å². The number of methoxy groups -OCH3 is 1. The number of nitrogens with zero attached hydrogens (tertiary/aromatic N) is 2. The fourth-order valence-corrected chi connectivity index (χ4v) is 1.77. The Bertz CT molecular complexity index is 507. The van der Waals surface area contributed by atoms with Crippen molar-refractivity contribution in [2.45, 2.75) is 18.9 Å². The Labute approximate surface area is 103 Å². The third kappa shape index (κ3) is 2.40. The molecule has 0 atom stereocenters. The van der Waals surface area contributed by atoms with Crippen LogP contribution in [0.25, 0.3) is 0 Å². The first-order valence-corrected chi connectivity index (χ1v) is 5.44. The van der Waals surface area contributed by atoms with E-state index in [-0.39, 0.29) is 29.4 Å². The number of hydrogen-bond acceptors (Lipinski definition) is 5. The van der Waals surface area contributed by atoms with Gasteiger partial charge in [0.25, 0.3) is 0 Å². The van der Waals surface area contributed by atoms with Crippen molar-refractivity contribution < 1.29 is 18.7 Å². The number of ether oxygens (including phenoxy) is 2. The molecule has 0 saturated heterocycles. The van der Waals surface area contributed by atoms with Crippen molar-refractivity contribution in [1.29, 1.82) is 5.26 Å². The minimum Gasteiger partial charge on any atom is -0.487 e. The summed E-state index contributed by atoms with van der Waals surface area (Å²) in [5.41, 5.74) is 0.0928. The van der Waals surface area contributed by atoms with Gasteiger partial charge in [-0.1, -0.05) is 0 Å². The Balaban J connectivity index is 1.96. The lowest BCUT2D eigenvalue weighted by Gasteiger charge is -2.33. The van der Waals surface area contributed by atoms with Crippen LogP contribution in [0.4, 0.5) is 4.39 Å². The summed E-state index contributed by atoms with van der Waals surface area (Å²) in [6, 6.07) is 3.06. The summed E-state index contributed by atoms with van der Waals surface area (Å²) in [6.45, 7) is 0. The van der Waals surface area contributed by atoms with E-state index in [0.717, 1.165) is 6.20 Å². The molecule has 1 fully saturated rings. The summed E-state index contributed by atoms with van der Waals surface area (Å²) in [6.07, 6.45) is 1.72. The van der Waals surface area contributed by atoms with Crippen molar-refractivity contribution in [3.63, 3.8) is 0 Å². The highest BCUT2D eigenvalue weighted by molar-refractivity contribution is 5.73. The predicted octanol–water partition coefficient (Wildman–Crippen LogP) is 1.42. The lowest BCUT2D eigenvalue weighted by molar-refractivity contribution is -0.151. The van der Waals surface area contributed by atoms with Crippen molar-refractivity contribution >= 4 is 5.97 Å². The third-order valence-electron chi connectivity index (χ3n) is 2.86. The Morgan fingerprint density at radius 2 is 2.33 bits per heavy atom. The summed E-state index contributed by atoms with van der Waals surface area (Å²) in [7, 11) is 1.33. The van der Waals surface area contributed by atoms with Gasteiger partial charge >= 0.3 is 5.97 Å². The zero-order chi connectivity index (χ0) is 13.1. The zero-order valence-electron chi connectivity index (χ0n) is 9.72. The zero-order valence-corrected chi connectivity index (χ0v) is 9.72. The first-order valence-electron chi connectivity index (χ1n) is 5.44. The van der Waals surface area contributed by atoms with E-state index in [4.69, 9.17) is 10.00 Å². The van der Waals surface area contributed by atoms with E-state index in [1.807, 2.05) is 6.07 Å². The molecule has 1 aromatic heterocycles. The van der Waals surface area contributed by atoms with E-state index < -0.39 is 5.82 Å². The summed E-state index contributed by atoms with van der Waals surface area (Å²) in [5.74, 6) is -1.08. The smallest absolute Gasteiger partial charge is 0.308 e. The average Bonchev–Trinajstić information content (AvgIpc) is 2.34. The molecule has 0 spiro atoms. The number of rotatable bonds is 3. The van der Waals surface area contributed by atoms with Gasteiger partial charge in [-0.05, 0) is 12.8 Å². The van der Waals surface area contributed by atoms with Gasteiger partial charge in [-0.3, -0.25) is 4.79 Å². The highest BCUT2D eigenvalue weighted by Crippen LogP contribution is 2.33. The number of aromatic nitrogens is 1. The molecule has 1 aromatic rings. The number of esters is 1. The van der Waals surface area contributed by atoms with Crippen LogP contribution >= 0.6 is 0 Å². The second kappa shape index (κ2) is 5.00. The first-order chi connectivity index (χ1) is 8.63. The Hall–Kier alpha value is -2.16. The number of carbonyl (C=O) groups is 1. The molecule has 1 heterocycles. The van der Waals surface area contributed by atoms with Crippen LogP contribution < -0.4 is 4.74 Å². The van der Waals surface area contributed by atoms with Gasteiger partial charge in [-0.15, -0.1) is 0 Å². The number of halogens is 1. The Morgan fingerprint density at radius 3 is 2.94 bits per heavy atom. The minimum absolute atomic E-state index is 0.00475. The summed E-state index contributed by atoms with van der Waals surface area (Å²) in [4.78, 5) is 14.7. The molecule has 0 bridgehead atoms. The van der Waals surface area contributed by atoms with E-state index in [2.05, 4.69) is 9.72 Å². The van der Waals surface area contributed by atoms with Crippen LogP contribution in [0.15, 0.2) is 12.3 Å². The van der Waals surface area contributed by atoms with Crippen molar-refractivity contribution in [3.8, 4) is 11.8 Å². The molecule has 0 aromatic carbocycles. The van der Waals surface area contributed by atoms with E-state index in [1.165, 1.54) is 13.2 Å². The summed E-state index contributed by atoms with van der Waals surface area (Å²) >= 11 is 0. The molecular formula is C12H11FN2O3. The van der Waals surface area contributed by atoms with Gasteiger partial charge in [0, 0.05) is 6.07 Å². The highest BCUT2D eigenvalue weighted by Gasteiger charge is 2.37. The molecule has 0 aliphatic heterocycles. The van der Waals surface area contributed by atoms with Crippen LogP contribution in [-0.2, 0) is 9.53 Å². The van der Waals surface area contributed by atoms with Crippen LogP contribution in [0.5, 0.6) is 5.75 Å². The molecule has 1 aliphatic carbocycles. The van der Waals surface area contributed by atoms with Crippen molar-refractivity contribution in [2.75, 3.05) is 7.11 Å². The minimum atomic E-state index is -0.615. The molecule has 6 heteroatoms. The molecule has 0 amide bonds. The standard InChI is InChI=1S/C12H11FN2O3/c1-17-12(16)7-2-9(3-7)18-11-4-8(5-14)15-6-10(11)13/h4,6-7,9H,2-3H2,1H3. The summed E-state index contributed by atoms with van der Waals surface area (Å²) in [5, 5.41) is 8.65. The van der Waals surface area contributed by atoms with Gasteiger partial charge in [0.2, 0.25) is 0 Å². The van der Waals surface area contributed by atoms with E-state index in [1.54, 1.807) is 0 Å². The monoisotopic (exact) mass is 250 g/mol. The van der Waals surface area contributed by atoms with Crippen LogP contribution in [0.3, 0.4) is 0 Å². The van der Waals surface area contributed by atoms with Gasteiger partial charge in [0.1, 0.15) is 17.9 Å². The number of hydrogen-bond donors (Lipinski definition) is 0. The number of pyridine rings is 1. The molecule has 0 unspecified atom stereocenters. The first kappa shape index (κ1) is 12.3.